The highest BCUT2D eigenvalue weighted by Crippen LogP contribution is 2.43. The number of amides is 1. The van der Waals surface area contributed by atoms with Crippen LogP contribution in [-0.2, 0) is 12.1 Å². The van der Waals surface area contributed by atoms with Crippen LogP contribution in [0.1, 0.15) is 29.8 Å². The van der Waals surface area contributed by atoms with Gasteiger partial charge in [0, 0.05) is 25.5 Å². The summed E-state index contributed by atoms with van der Waals surface area (Å²) in [4.78, 5) is 23.3. The minimum absolute atomic E-state index is 0.00857. The van der Waals surface area contributed by atoms with Crippen molar-refractivity contribution < 1.29 is 14.6 Å². The number of halogens is 1. The van der Waals surface area contributed by atoms with Crippen LogP contribution in [-0.4, -0.2) is 44.1 Å². The van der Waals surface area contributed by atoms with E-state index in [0.717, 1.165) is 16.6 Å². The zero-order valence-corrected chi connectivity index (χ0v) is 19.8. The molecule has 0 spiro atoms. The van der Waals surface area contributed by atoms with Crippen LogP contribution in [0, 0.1) is 0 Å². The first-order chi connectivity index (χ1) is 16.3. The molecule has 0 saturated heterocycles. The molecule has 0 bridgehead atoms. The monoisotopic (exact) mass is 477 g/mol. The van der Waals surface area contributed by atoms with E-state index in [1.165, 1.54) is 6.33 Å². The fourth-order valence-corrected chi connectivity index (χ4v) is 4.50. The summed E-state index contributed by atoms with van der Waals surface area (Å²) < 4.78 is 8.00. The van der Waals surface area contributed by atoms with Gasteiger partial charge in [0.1, 0.15) is 23.3 Å². The molecule has 8 nitrogen and oxygen atoms in total. The number of carbonyl (C=O) groups excluding carboxylic acids is 1. The van der Waals surface area contributed by atoms with Gasteiger partial charge in [-0.1, -0.05) is 23.7 Å². The van der Waals surface area contributed by atoms with Crippen molar-refractivity contribution in [1.29, 1.82) is 0 Å². The molecule has 2 aromatic heterocycles. The summed E-state index contributed by atoms with van der Waals surface area (Å²) in [6, 6.07) is 12.8. The molecule has 0 aliphatic carbocycles. The number of hydrogen-bond acceptors (Lipinski definition) is 6. The maximum atomic E-state index is 12.9. The third-order valence-corrected chi connectivity index (χ3v) is 6.64. The second kappa shape index (κ2) is 8.30. The highest BCUT2D eigenvalue weighted by molar-refractivity contribution is 6.32. The Morgan fingerprint density at radius 2 is 1.97 bits per heavy atom. The van der Waals surface area contributed by atoms with E-state index in [0.29, 0.717) is 40.1 Å². The van der Waals surface area contributed by atoms with E-state index in [-0.39, 0.29) is 12.5 Å². The highest BCUT2D eigenvalue weighted by Gasteiger charge is 2.42. The molecular formula is C25H24ClN5O3. The Labute approximate surface area is 201 Å². The lowest BCUT2D eigenvalue weighted by molar-refractivity contribution is 0.0690. The Morgan fingerprint density at radius 3 is 2.74 bits per heavy atom. The molecular weight excluding hydrogens is 454 g/mol. The molecule has 1 aliphatic heterocycles. The second-order valence-electron chi connectivity index (χ2n) is 8.66. The first kappa shape index (κ1) is 22.2. The van der Waals surface area contributed by atoms with Crippen LogP contribution in [0.15, 0.2) is 55.0 Å². The lowest BCUT2D eigenvalue weighted by Crippen LogP contribution is -2.35. The molecule has 1 aliphatic rings. The zero-order valence-electron chi connectivity index (χ0n) is 19.0. The summed E-state index contributed by atoms with van der Waals surface area (Å²) in [7, 11) is 1.79. The van der Waals surface area contributed by atoms with Gasteiger partial charge in [0.15, 0.2) is 5.82 Å². The second-order valence-corrected chi connectivity index (χ2v) is 9.07. The molecule has 0 fully saturated rings. The van der Waals surface area contributed by atoms with Gasteiger partial charge in [-0.05, 0) is 49.7 Å². The van der Waals surface area contributed by atoms with Crippen LogP contribution in [0.25, 0.3) is 11.0 Å². The third kappa shape index (κ3) is 3.55. The van der Waals surface area contributed by atoms with E-state index in [1.54, 1.807) is 30.1 Å². The predicted molar refractivity (Wildman–Crippen MR) is 131 cm³/mol. The average Bonchev–Trinajstić information content (AvgIpc) is 3.30. The molecule has 9 heteroatoms. The summed E-state index contributed by atoms with van der Waals surface area (Å²) in [5.74, 6) is 1.44. The van der Waals surface area contributed by atoms with E-state index in [1.807, 2.05) is 48.9 Å². The summed E-state index contributed by atoms with van der Waals surface area (Å²) >= 11 is 6.56. The number of nitrogens with zero attached hydrogens (tertiary/aromatic N) is 4. The maximum absolute atomic E-state index is 12.9. The molecule has 3 heterocycles. The number of benzene rings is 2. The number of fused-ring (bicyclic) bond motifs is 2. The lowest BCUT2D eigenvalue weighted by Gasteiger charge is -2.28. The first-order valence-corrected chi connectivity index (χ1v) is 11.3. The number of rotatable bonds is 6. The number of carbonyl (C=O) groups is 1. The number of anilines is 2. The minimum atomic E-state index is -0.417. The topological polar surface area (TPSA) is 92.5 Å². The number of aliphatic hydroxyl groups is 1. The van der Waals surface area contributed by atoms with Gasteiger partial charge in [-0.15, -0.1) is 0 Å². The van der Waals surface area contributed by atoms with Gasteiger partial charge in [0.2, 0.25) is 0 Å². The standard InChI is InChI=1S/C25H24ClN5O3/c1-25(2)16-5-4-6-20(21(16)24(33)30(25)3)34-19-8-7-15(13-17(19)26)29-23-22-18(27-14-28-23)9-10-31(22)11-12-32/h4-10,13-14,32H,11-12H2,1-3H3,(H,27,28,29). The Bertz CT molecular complexity index is 1420. The fraction of sp³-hybridized carbons (Fsp3) is 0.240. The Hall–Kier alpha value is -3.62. The molecule has 0 unspecified atom stereocenters. The van der Waals surface area contributed by atoms with Crippen molar-refractivity contribution in [2.75, 3.05) is 19.0 Å². The number of ether oxygens (including phenoxy) is 1. The molecule has 0 radical (unpaired) electrons. The smallest absolute Gasteiger partial charge is 0.258 e. The van der Waals surface area contributed by atoms with Crippen LogP contribution >= 0.6 is 11.6 Å². The Kier molecular flexibility index (Phi) is 5.42. The summed E-state index contributed by atoms with van der Waals surface area (Å²) in [6.45, 7) is 4.46. The maximum Gasteiger partial charge on any atom is 0.258 e. The van der Waals surface area contributed by atoms with E-state index in [2.05, 4.69) is 15.3 Å². The van der Waals surface area contributed by atoms with E-state index >= 15 is 0 Å². The van der Waals surface area contributed by atoms with Gasteiger partial charge in [-0.2, -0.15) is 0 Å². The largest absolute Gasteiger partial charge is 0.455 e. The van der Waals surface area contributed by atoms with Gasteiger partial charge in [-0.3, -0.25) is 4.79 Å². The quantitative estimate of drug-likeness (QED) is 0.409. The summed E-state index contributed by atoms with van der Waals surface area (Å²) in [5.41, 5.74) is 3.33. The van der Waals surface area contributed by atoms with Crippen molar-refractivity contribution in [3.63, 3.8) is 0 Å². The summed E-state index contributed by atoms with van der Waals surface area (Å²) in [5, 5.41) is 13.0. The van der Waals surface area contributed by atoms with Gasteiger partial charge in [0.05, 0.1) is 28.2 Å². The molecule has 4 aromatic rings. The van der Waals surface area contributed by atoms with Gasteiger partial charge < -0.3 is 24.6 Å². The van der Waals surface area contributed by atoms with Crippen molar-refractivity contribution in [1.82, 2.24) is 19.4 Å². The molecule has 5 rings (SSSR count). The van der Waals surface area contributed by atoms with Crippen molar-refractivity contribution in [3.05, 3.63) is 71.1 Å². The van der Waals surface area contributed by atoms with Crippen LogP contribution in [0.5, 0.6) is 11.5 Å². The van der Waals surface area contributed by atoms with Gasteiger partial charge in [0.25, 0.3) is 5.91 Å². The van der Waals surface area contributed by atoms with Crippen molar-refractivity contribution >= 4 is 40.0 Å². The molecule has 2 aromatic carbocycles. The summed E-state index contributed by atoms with van der Waals surface area (Å²) in [6.07, 6.45) is 3.35. The predicted octanol–water partition coefficient (Wildman–Crippen LogP) is 4.93. The van der Waals surface area contributed by atoms with Crippen molar-refractivity contribution in [2.45, 2.75) is 25.9 Å². The Morgan fingerprint density at radius 1 is 1.15 bits per heavy atom. The number of hydrogen-bond donors (Lipinski definition) is 2. The van der Waals surface area contributed by atoms with E-state index in [4.69, 9.17) is 16.3 Å². The SMILES string of the molecule is CN1C(=O)c2c(Oc3ccc(Nc4ncnc5ccn(CCO)c45)cc3Cl)cccc2C1(C)C. The van der Waals surface area contributed by atoms with Crippen molar-refractivity contribution in [2.24, 2.45) is 0 Å². The van der Waals surface area contributed by atoms with E-state index < -0.39 is 5.54 Å². The van der Waals surface area contributed by atoms with Gasteiger partial charge >= 0.3 is 0 Å². The highest BCUT2D eigenvalue weighted by atomic mass is 35.5. The zero-order chi connectivity index (χ0) is 24.0. The van der Waals surface area contributed by atoms with Gasteiger partial charge in [-0.25, -0.2) is 9.97 Å². The van der Waals surface area contributed by atoms with Crippen molar-refractivity contribution in [3.8, 4) is 11.5 Å². The molecule has 0 atom stereocenters. The number of aliphatic hydroxyl groups excluding tert-OH is 1. The lowest BCUT2D eigenvalue weighted by atomic mass is 9.94. The molecule has 34 heavy (non-hydrogen) atoms. The molecule has 2 N–H and O–H groups in total. The van der Waals surface area contributed by atoms with Crippen LogP contribution < -0.4 is 10.1 Å². The van der Waals surface area contributed by atoms with Crippen LogP contribution in [0.2, 0.25) is 5.02 Å². The minimum Gasteiger partial charge on any atom is -0.455 e. The molecule has 174 valence electrons. The average molecular weight is 478 g/mol. The molecule has 0 saturated carbocycles. The molecule has 1 amide bonds. The normalized spacial score (nSPS) is 14.5. The number of nitrogens with one attached hydrogen (secondary N) is 1. The third-order valence-electron chi connectivity index (χ3n) is 6.35. The first-order valence-electron chi connectivity index (χ1n) is 10.9. The fourth-order valence-electron chi connectivity index (χ4n) is 4.28. The Balaban J connectivity index is 1.44. The van der Waals surface area contributed by atoms with Crippen LogP contribution in [0.4, 0.5) is 11.5 Å². The number of aromatic nitrogens is 3. The van der Waals surface area contributed by atoms with E-state index in [9.17, 15) is 9.90 Å². The van der Waals surface area contributed by atoms with Crippen LogP contribution in [0.3, 0.4) is 0 Å².